The van der Waals surface area contributed by atoms with Gasteiger partial charge < -0.3 is 5.73 Å². The maximum Gasteiger partial charge on any atom is 0.138 e. The van der Waals surface area contributed by atoms with E-state index in [-0.39, 0.29) is 12.4 Å². The first-order chi connectivity index (χ1) is 9.72. The van der Waals surface area contributed by atoms with E-state index in [1.807, 2.05) is 12.1 Å². The zero-order valence-corrected chi connectivity index (χ0v) is 12.7. The van der Waals surface area contributed by atoms with Crippen LogP contribution in [0.1, 0.15) is 24.5 Å². The first kappa shape index (κ1) is 15.4. The van der Waals surface area contributed by atoms with Crippen molar-refractivity contribution in [1.82, 2.24) is 4.90 Å². The van der Waals surface area contributed by atoms with Crippen molar-refractivity contribution in [3.63, 3.8) is 0 Å². The van der Waals surface area contributed by atoms with Crippen molar-refractivity contribution >= 4 is 11.8 Å². The molecule has 2 nitrogen and oxygen atoms in total. The molecule has 0 spiro atoms. The number of halogens is 1. The number of thioether (sulfide) groups is 1. The normalized spacial score (nSPS) is 19.4. The van der Waals surface area contributed by atoms with Gasteiger partial charge in [0.1, 0.15) is 5.82 Å². The van der Waals surface area contributed by atoms with Gasteiger partial charge in [0.25, 0.3) is 0 Å². The van der Waals surface area contributed by atoms with Crippen LogP contribution in [-0.2, 0) is 6.54 Å². The van der Waals surface area contributed by atoms with Crippen molar-refractivity contribution in [3.05, 3.63) is 35.1 Å². The van der Waals surface area contributed by atoms with Gasteiger partial charge in [-0.25, -0.2) is 4.39 Å². The molecule has 0 saturated carbocycles. The van der Waals surface area contributed by atoms with E-state index in [9.17, 15) is 4.39 Å². The summed E-state index contributed by atoms with van der Waals surface area (Å²) in [6.45, 7) is 5.57. The minimum Gasteiger partial charge on any atom is -0.320 e. The third-order valence-electron chi connectivity index (χ3n) is 3.44. The topological polar surface area (TPSA) is 29.3 Å². The minimum absolute atomic E-state index is 0.255. The molecule has 2 N–H and O–H groups in total. The van der Waals surface area contributed by atoms with Gasteiger partial charge >= 0.3 is 0 Å². The summed E-state index contributed by atoms with van der Waals surface area (Å²) >= 11 is 2.06. The minimum atomic E-state index is -0.268. The van der Waals surface area contributed by atoms with Crippen LogP contribution in [0.25, 0.3) is 0 Å². The monoisotopic (exact) mass is 292 g/mol. The molecule has 1 aliphatic rings. The van der Waals surface area contributed by atoms with E-state index in [0.717, 1.165) is 30.4 Å². The molecular formula is C16H21FN2S. The lowest BCUT2D eigenvalue weighted by Gasteiger charge is -2.31. The van der Waals surface area contributed by atoms with Crippen molar-refractivity contribution in [1.29, 1.82) is 0 Å². The van der Waals surface area contributed by atoms with Gasteiger partial charge in [-0.2, -0.15) is 11.8 Å². The number of nitrogens with two attached hydrogens (primary N) is 1. The Bertz CT molecular complexity index is 507. The van der Waals surface area contributed by atoms with Crippen molar-refractivity contribution < 1.29 is 4.39 Å². The Balaban J connectivity index is 2.05. The summed E-state index contributed by atoms with van der Waals surface area (Å²) < 4.78 is 13.6. The Kier molecular flexibility index (Phi) is 5.90. The second-order valence-electron chi connectivity index (χ2n) is 4.96. The van der Waals surface area contributed by atoms with Crippen LogP contribution in [0.5, 0.6) is 0 Å². The third kappa shape index (κ3) is 4.24. The number of nitrogens with zero attached hydrogens (tertiary/aromatic N) is 1. The quantitative estimate of drug-likeness (QED) is 0.868. The van der Waals surface area contributed by atoms with E-state index >= 15 is 0 Å². The standard InChI is InChI=1S/C16H21FN2S/c1-2-15-12-19(8-9-20-15)11-13-5-6-16(17)14(10-13)4-3-7-18/h5-6,10,15H,2,7-9,11-12,18H2,1H3. The molecule has 4 heteroatoms. The fourth-order valence-corrected chi connectivity index (χ4v) is 3.59. The van der Waals surface area contributed by atoms with Gasteiger partial charge in [0.2, 0.25) is 0 Å². The third-order valence-corrected chi connectivity index (χ3v) is 4.81. The second kappa shape index (κ2) is 7.68. The molecule has 1 unspecified atom stereocenters. The highest BCUT2D eigenvalue weighted by Crippen LogP contribution is 2.22. The Hall–Kier alpha value is -1.02. The maximum atomic E-state index is 13.6. The fourth-order valence-electron chi connectivity index (χ4n) is 2.34. The zero-order chi connectivity index (χ0) is 14.4. The van der Waals surface area contributed by atoms with Crippen molar-refractivity contribution in [2.45, 2.75) is 25.1 Å². The summed E-state index contributed by atoms with van der Waals surface area (Å²) in [4.78, 5) is 2.44. The molecule has 1 aromatic rings. The van der Waals surface area contributed by atoms with E-state index in [1.54, 1.807) is 0 Å². The number of rotatable bonds is 3. The Morgan fingerprint density at radius 2 is 2.35 bits per heavy atom. The maximum absolute atomic E-state index is 13.6. The highest BCUT2D eigenvalue weighted by atomic mass is 32.2. The van der Waals surface area contributed by atoms with Gasteiger partial charge in [0.05, 0.1) is 12.1 Å². The van der Waals surface area contributed by atoms with Gasteiger partial charge in [-0.1, -0.05) is 24.8 Å². The van der Waals surface area contributed by atoms with Gasteiger partial charge in [-0.05, 0) is 24.1 Å². The second-order valence-corrected chi connectivity index (χ2v) is 6.36. The molecule has 0 radical (unpaired) electrons. The van der Waals surface area contributed by atoms with Crippen LogP contribution >= 0.6 is 11.8 Å². The van der Waals surface area contributed by atoms with Gasteiger partial charge in [-0.15, -0.1) is 0 Å². The van der Waals surface area contributed by atoms with Crippen LogP contribution in [0.15, 0.2) is 18.2 Å². The lowest BCUT2D eigenvalue weighted by atomic mass is 10.1. The fraction of sp³-hybridized carbons (Fsp3) is 0.500. The van der Waals surface area contributed by atoms with Crippen LogP contribution in [0, 0.1) is 17.7 Å². The van der Waals surface area contributed by atoms with Crippen LogP contribution in [-0.4, -0.2) is 35.5 Å². The molecule has 1 atom stereocenters. The summed E-state index contributed by atoms with van der Waals surface area (Å²) in [6, 6.07) is 5.21. The molecule has 0 bridgehead atoms. The molecule has 0 amide bonds. The van der Waals surface area contributed by atoms with E-state index in [4.69, 9.17) is 5.73 Å². The molecule has 2 rings (SSSR count). The van der Waals surface area contributed by atoms with E-state index in [0.29, 0.717) is 5.56 Å². The Morgan fingerprint density at radius 3 is 3.10 bits per heavy atom. The van der Waals surface area contributed by atoms with E-state index in [2.05, 4.69) is 35.4 Å². The predicted molar refractivity (Wildman–Crippen MR) is 84.1 cm³/mol. The number of hydrogen-bond donors (Lipinski definition) is 1. The molecule has 108 valence electrons. The van der Waals surface area contributed by atoms with E-state index < -0.39 is 0 Å². The molecule has 0 aliphatic carbocycles. The lowest BCUT2D eigenvalue weighted by molar-refractivity contribution is 0.273. The Morgan fingerprint density at radius 1 is 1.50 bits per heavy atom. The predicted octanol–water partition coefficient (Wildman–Crippen LogP) is 2.46. The number of hydrogen-bond acceptors (Lipinski definition) is 3. The molecule has 0 aromatic heterocycles. The molecular weight excluding hydrogens is 271 g/mol. The van der Waals surface area contributed by atoms with Crippen LogP contribution in [0.2, 0.25) is 0 Å². The first-order valence-corrected chi connectivity index (χ1v) is 8.09. The van der Waals surface area contributed by atoms with Crippen LogP contribution in [0.3, 0.4) is 0 Å². The van der Waals surface area contributed by atoms with Crippen LogP contribution in [0.4, 0.5) is 4.39 Å². The molecule has 20 heavy (non-hydrogen) atoms. The molecule has 1 fully saturated rings. The highest BCUT2D eigenvalue weighted by molar-refractivity contribution is 8.00. The van der Waals surface area contributed by atoms with Crippen molar-refractivity contribution in [2.24, 2.45) is 5.73 Å². The van der Waals surface area contributed by atoms with Crippen molar-refractivity contribution in [2.75, 3.05) is 25.4 Å². The smallest absolute Gasteiger partial charge is 0.138 e. The van der Waals surface area contributed by atoms with Gasteiger partial charge in [0.15, 0.2) is 0 Å². The average Bonchev–Trinajstić information content (AvgIpc) is 2.48. The van der Waals surface area contributed by atoms with Gasteiger partial charge in [0, 0.05) is 30.6 Å². The average molecular weight is 292 g/mol. The lowest BCUT2D eigenvalue weighted by Crippen LogP contribution is -2.37. The molecule has 1 heterocycles. The molecule has 1 aromatic carbocycles. The van der Waals surface area contributed by atoms with Crippen LogP contribution < -0.4 is 5.73 Å². The summed E-state index contributed by atoms with van der Waals surface area (Å²) in [6.07, 6.45) is 1.21. The number of benzene rings is 1. The summed E-state index contributed by atoms with van der Waals surface area (Å²) in [5.41, 5.74) is 6.91. The summed E-state index contributed by atoms with van der Waals surface area (Å²) in [7, 11) is 0. The zero-order valence-electron chi connectivity index (χ0n) is 11.9. The van der Waals surface area contributed by atoms with Gasteiger partial charge in [-0.3, -0.25) is 4.90 Å². The largest absolute Gasteiger partial charge is 0.320 e. The van der Waals surface area contributed by atoms with E-state index in [1.165, 1.54) is 18.2 Å². The summed E-state index contributed by atoms with van der Waals surface area (Å²) in [5, 5.41) is 0.723. The SMILES string of the molecule is CCC1CN(Cc2ccc(F)c(C#CCN)c2)CCS1. The van der Waals surface area contributed by atoms with Crippen molar-refractivity contribution in [3.8, 4) is 11.8 Å². The molecule has 1 saturated heterocycles. The summed E-state index contributed by atoms with van der Waals surface area (Å²) in [5.74, 6) is 6.42. The first-order valence-electron chi connectivity index (χ1n) is 7.04. The molecule has 1 aliphatic heterocycles. The highest BCUT2D eigenvalue weighted by Gasteiger charge is 2.19. The Labute approximate surface area is 124 Å².